The quantitative estimate of drug-likeness (QED) is 0.536. The smallest absolute Gasteiger partial charge is 0.170 e. The van der Waals surface area contributed by atoms with E-state index in [9.17, 15) is 0 Å². The molecule has 26 heavy (non-hydrogen) atoms. The van der Waals surface area contributed by atoms with E-state index in [1.165, 1.54) is 0 Å². The van der Waals surface area contributed by atoms with Crippen LogP contribution in [0.1, 0.15) is 25.8 Å². The molecule has 0 spiro atoms. The van der Waals surface area contributed by atoms with E-state index in [0.717, 1.165) is 40.3 Å². The number of rotatable bonds is 8. The first-order valence-electron chi connectivity index (χ1n) is 8.88. The molecule has 2 aromatic heterocycles. The number of para-hydroxylation sites is 2. The summed E-state index contributed by atoms with van der Waals surface area (Å²) in [6, 6.07) is 10.0. The Bertz CT molecular complexity index is 879. The Balaban J connectivity index is 1.86. The SMILES string of the molecule is CCC(C)OCCOc1ccnc(-c2nc3ccccc3n2SC)c1C. The number of imidazole rings is 1. The Morgan fingerprint density at radius 3 is 2.77 bits per heavy atom. The molecule has 3 aromatic rings. The largest absolute Gasteiger partial charge is 0.491 e. The van der Waals surface area contributed by atoms with Crippen molar-refractivity contribution in [3.05, 3.63) is 42.1 Å². The lowest BCUT2D eigenvalue weighted by atomic mass is 10.2. The summed E-state index contributed by atoms with van der Waals surface area (Å²) < 4.78 is 13.7. The van der Waals surface area contributed by atoms with E-state index in [1.54, 1.807) is 18.1 Å². The zero-order chi connectivity index (χ0) is 18.5. The molecule has 0 aliphatic carbocycles. The van der Waals surface area contributed by atoms with Crippen LogP contribution in [0.2, 0.25) is 0 Å². The van der Waals surface area contributed by atoms with Crippen LogP contribution in [0.3, 0.4) is 0 Å². The first kappa shape index (κ1) is 18.7. The van der Waals surface area contributed by atoms with Gasteiger partial charge in [0.25, 0.3) is 0 Å². The third kappa shape index (κ3) is 3.86. The molecule has 0 aliphatic heterocycles. The molecule has 0 saturated heterocycles. The van der Waals surface area contributed by atoms with Gasteiger partial charge in [0, 0.05) is 18.0 Å². The predicted molar refractivity (Wildman–Crippen MR) is 108 cm³/mol. The average molecular weight is 372 g/mol. The van der Waals surface area contributed by atoms with Crippen LogP contribution >= 0.6 is 11.9 Å². The predicted octanol–water partition coefficient (Wildman–Crippen LogP) is 4.73. The van der Waals surface area contributed by atoms with Gasteiger partial charge in [0.2, 0.25) is 0 Å². The van der Waals surface area contributed by atoms with Gasteiger partial charge in [0.05, 0.1) is 23.7 Å². The molecule has 2 heterocycles. The van der Waals surface area contributed by atoms with Gasteiger partial charge in [-0.1, -0.05) is 19.1 Å². The highest BCUT2D eigenvalue weighted by atomic mass is 32.2. The molecule has 3 rings (SSSR count). The third-order valence-corrected chi connectivity index (χ3v) is 5.12. The van der Waals surface area contributed by atoms with Gasteiger partial charge < -0.3 is 9.47 Å². The maximum Gasteiger partial charge on any atom is 0.170 e. The van der Waals surface area contributed by atoms with Crippen molar-refractivity contribution >= 4 is 23.0 Å². The first-order valence-corrected chi connectivity index (χ1v) is 10.1. The summed E-state index contributed by atoms with van der Waals surface area (Å²) in [5.41, 5.74) is 3.88. The molecule has 0 amide bonds. The Labute approximate surface area is 158 Å². The topological polar surface area (TPSA) is 49.2 Å². The van der Waals surface area contributed by atoms with Crippen LogP contribution in [-0.4, -0.2) is 39.5 Å². The lowest BCUT2D eigenvalue weighted by Gasteiger charge is -2.14. The summed E-state index contributed by atoms with van der Waals surface area (Å²) in [6.07, 6.45) is 5.08. The minimum atomic E-state index is 0.259. The summed E-state index contributed by atoms with van der Waals surface area (Å²) >= 11 is 1.62. The van der Waals surface area contributed by atoms with E-state index in [2.05, 4.69) is 28.9 Å². The third-order valence-electron chi connectivity index (χ3n) is 4.39. The number of fused-ring (bicyclic) bond motifs is 1. The second-order valence-electron chi connectivity index (χ2n) is 6.12. The Kier molecular flexibility index (Phi) is 6.16. The van der Waals surface area contributed by atoms with Gasteiger partial charge in [-0.25, -0.2) is 4.98 Å². The molecule has 0 saturated carbocycles. The van der Waals surface area contributed by atoms with E-state index in [1.807, 2.05) is 37.4 Å². The van der Waals surface area contributed by atoms with E-state index in [4.69, 9.17) is 14.5 Å². The molecule has 6 heteroatoms. The van der Waals surface area contributed by atoms with Gasteiger partial charge in [0.15, 0.2) is 5.82 Å². The highest BCUT2D eigenvalue weighted by Gasteiger charge is 2.17. The van der Waals surface area contributed by atoms with Crippen molar-refractivity contribution in [3.8, 4) is 17.3 Å². The number of aromatic nitrogens is 3. The number of pyridine rings is 1. The Morgan fingerprint density at radius 1 is 1.19 bits per heavy atom. The molecular formula is C20H25N3O2S. The standard InChI is InChI=1S/C20H25N3O2S/c1-5-14(2)24-12-13-25-18-10-11-21-19(15(18)3)20-22-16-8-6-7-9-17(16)23(20)26-4/h6-11,14H,5,12-13H2,1-4H3. The van der Waals surface area contributed by atoms with Crippen LogP contribution in [-0.2, 0) is 4.74 Å². The molecule has 0 bridgehead atoms. The molecule has 5 nitrogen and oxygen atoms in total. The van der Waals surface area contributed by atoms with Crippen LogP contribution in [0, 0.1) is 6.92 Å². The van der Waals surface area contributed by atoms with Crippen molar-refractivity contribution in [1.29, 1.82) is 0 Å². The normalized spacial score (nSPS) is 12.5. The number of benzene rings is 1. The summed E-state index contributed by atoms with van der Waals surface area (Å²) in [7, 11) is 0. The molecule has 0 fully saturated rings. The summed E-state index contributed by atoms with van der Waals surface area (Å²) in [4.78, 5) is 9.36. The molecule has 1 atom stereocenters. The maximum atomic E-state index is 5.93. The zero-order valence-corrected chi connectivity index (χ0v) is 16.5. The van der Waals surface area contributed by atoms with E-state index in [-0.39, 0.29) is 6.10 Å². The number of ether oxygens (including phenoxy) is 2. The maximum absolute atomic E-state index is 5.93. The van der Waals surface area contributed by atoms with Crippen molar-refractivity contribution in [1.82, 2.24) is 13.9 Å². The lowest BCUT2D eigenvalue weighted by Crippen LogP contribution is -2.13. The van der Waals surface area contributed by atoms with E-state index < -0.39 is 0 Å². The van der Waals surface area contributed by atoms with Crippen molar-refractivity contribution in [2.75, 3.05) is 19.5 Å². The van der Waals surface area contributed by atoms with Gasteiger partial charge >= 0.3 is 0 Å². The van der Waals surface area contributed by atoms with E-state index in [0.29, 0.717) is 13.2 Å². The van der Waals surface area contributed by atoms with Crippen molar-refractivity contribution in [2.24, 2.45) is 0 Å². The summed E-state index contributed by atoms with van der Waals surface area (Å²) in [5.74, 6) is 1.67. The second kappa shape index (κ2) is 8.56. The molecule has 0 N–H and O–H groups in total. The molecule has 0 radical (unpaired) electrons. The summed E-state index contributed by atoms with van der Waals surface area (Å²) in [6.45, 7) is 7.31. The van der Waals surface area contributed by atoms with Gasteiger partial charge in [-0.3, -0.25) is 8.96 Å². The molecule has 0 aliphatic rings. The first-order chi connectivity index (χ1) is 12.7. The van der Waals surface area contributed by atoms with Crippen LogP contribution < -0.4 is 4.74 Å². The van der Waals surface area contributed by atoms with Crippen LogP contribution in [0.5, 0.6) is 5.75 Å². The minimum Gasteiger partial charge on any atom is -0.491 e. The molecule has 1 aromatic carbocycles. The summed E-state index contributed by atoms with van der Waals surface area (Å²) in [5, 5.41) is 0. The highest BCUT2D eigenvalue weighted by molar-refractivity contribution is 7.97. The van der Waals surface area contributed by atoms with Crippen molar-refractivity contribution in [2.45, 2.75) is 33.3 Å². The van der Waals surface area contributed by atoms with Crippen molar-refractivity contribution < 1.29 is 9.47 Å². The van der Waals surface area contributed by atoms with Crippen LogP contribution in [0.25, 0.3) is 22.6 Å². The van der Waals surface area contributed by atoms with Gasteiger partial charge in [-0.2, -0.15) is 0 Å². The van der Waals surface area contributed by atoms with Crippen LogP contribution in [0.4, 0.5) is 0 Å². The van der Waals surface area contributed by atoms with Gasteiger partial charge in [-0.05, 0) is 50.4 Å². The van der Waals surface area contributed by atoms with Gasteiger partial charge in [0.1, 0.15) is 18.1 Å². The van der Waals surface area contributed by atoms with E-state index >= 15 is 0 Å². The molecule has 1 unspecified atom stereocenters. The number of hydrogen-bond acceptors (Lipinski definition) is 5. The fraction of sp³-hybridized carbons (Fsp3) is 0.400. The van der Waals surface area contributed by atoms with Crippen molar-refractivity contribution in [3.63, 3.8) is 0 Å². The molecule has 138 valence electrons. The highest BCUT2D eigenvalue weighted by Crippen LogP contribution is 2.32. The second-order valence-corrected chi connectivity index (χ2v) is 6.85. The van der Waals surface area contributed by atoms with Crippen LogP contribution in [0.15, 0.2) is 36.5 Å². The number of hydrogen-bond donors (Lipinski definition) is 0. The zero-order valence-electron chi connectivity index (χ0n) is 15.7. The Hall–Kier alpha value is -2.05. The monoisotopic (exact) mass is 371 g/mol. The fourth-order valence-corrected chi connectivity index (χ4v) is 3.41. The Morgan fingerprint density at radius 2 is 2.00 bits per heavy atom. The fourth-order valence-electron chi connectivity index (χ4n) is 2.76. The lowest BCUT2D eigenvalue weighted by molar-refractivity contribution is 0.0425. The number of nitrogens with zero attached hydrogens (tertiary/aromatic N) is 3. The minimum absolute atomic E-state index is 0.259. The average Bonchev–Trinajstić information content (AvgIpc) is 3.04. The van der Waals surface area contributed by atoms with Gasteiger partial charge in [-0.15, -0.1) is 0 Å². The molecular weight excluding hydrogens is 346 g/mol.